The van der Waals surface area contributed by atoms with Gasteiger partial charge >= 0.3 is 0 Å². The van der Waals surface area contributed by atoms with Crippen molar-refractivity contribution in [1.29, 1.82) is 0 Å². The molecule has 0 aromatic heterocycles. The van der Waals surface area contributed by atoms with Crippen LogP contribution >= 0.6 is 0 Å². The van der Waals surface area contributed by atoms with Crippen molar-refractivity contribution in [1.82, 2.24) is 16.0 Å². The Balaban J connectivity index is 2.75. The fraction of sp³-hybridized carbons (Fsp3) is 0.429. The van der Waals surface area contributed by atoms with Gasteiger partial charge in [-0.05, 0) is 31.5 Å². The van der Waals surface area contributed by atoms with Crippen LogP contribution in [-0.2, 0) is 6.54 Å². The highest BCUT2D eigenvalue weighted by Crippen LogP contribution is 2.06. The number of benzene rings is 1. The maximum Gasteiger partial charge on any atom is 0.251 e. The van der Waals surface area contributed by atoms with E-state index >= 15 is 0 Å². The maximum atomic E-state index is 11.5. The Labute approximate surface area is 114 Å². The van der Waals surface area contributed by atoms with E-state index in [4.69, 9.17) is 0 Å². The number of rotatable bonds is 5. The Morgan fingerprint density at radius 3 is 2.47 bits per heavy atom. The van der Waals surface area contributed by atoms with Gasteiger partial charge in [0.15, 0.2) is 5.96 Å². The molecule has 0 saturated carbocycles. The van der Waals surface area contributed by atoms with Crippen LogP contribution in [0, 0.1) is 0 Å². The van der Waals surface area contributed by atoms with Crippen molar-refractivity contribution in [2.24, 2.45) is 4.99 Å². The lowest BCUT2D eigenvalue weighted by Crippen LogP contribution is -2.36. The predicted octanol–water partition coefficient (Wildman–Crippen LogP) is 1.12. The molecule has 1 rings (SSSR count). The number of hydrogen-bond donors (Lipinski definition) is 3. The first-order valence-electron chi connectivity index (χ1n) is 6.54. The lowest BCUT2D eigenvalue weighted by atomic mass is 10.1. The second kappa shape index (κ2) is 8.13. The van der Waals surface area contributed by atoms with E-state index in [0.717, 1.165) is 24.6 Å². The number of guanidine groups is 1. The van der Waals surface area contributed by atoms with Crippen LogP contribution in [0.3, 0.4) is 0 Å². The van der Waals surface area contributed by atoms with Crippen LogP contribution in [0.15, 0.2) is 29.3 Å². The van der Waals surface area contributed by atoms with E-state index in [2.05, 4.69) is 20.9 Å². The Bertz CT molecular complexity index is 435. The first-order valence-corrected chi connectivity index (χ1v) is 6.54. The molecular formula is C14H22N4O. The third-order valence-corrected chi connectivity index (χ3v) is 2.52. The molecule has 0 aliphatic heterocycles. The molecule has 5 nitrogen and oxygen atoms in total. The Morgan fingerprint density at radius 1 is 1.21 bits per heavy atom. The summed E-state index contributed by atoms with van der Waals surface area (Å²) in [4.78, 5) is 16.0. The van der Waals surface area contributed by atoms with Gasteiger partial charge in [0.05, 0.1) is 6.54 Å². The third-order valence-electron chi connectivity index (χ3n) is 2.52. The van der Waals surface area contributed by atoms with E-state index in [9.17, 15) is 4.79 Å². The number of carbonyl (C=O) groups is 1. The van der Waals surface area contributed by atoms with Gasteiger partial charge in [-0.1, -0.05) is 12.1 Å². The molecule has 1 amide bonds. The average Bonchev–Trinajstić information content (AvgIpc) is 2.44. The normalized spacial score (nSPS) is 9.63. The minimum absolute atomic E-state index is 0.0792. The summed E-state index contributed by atoms with van der Waals surface area (Å²) in [5.41, 5.74) is 1.66. The largest absolute Gasteiger partial charge is 0.357 e. The molecule has 5 heteroatoms. The van der Waals surface area contributed by atoms with Crippen LogP contribution in [0.2, 0.25) is 0 Å². The molecule has 0 unspecified atom stereocenters. The van der Waals surface area contributed by atoms with E-state index in [1.165, 1.54) is 0 Å². The van der Waals surface area contributed by atoms with Gasteiger partial charge in [-0.2, -0.15) is 0 Å². The Morgan fingerprint density at radius 2 is 1.89 bits per heavy atom. The van der Waals surface area contributed by atoms with Gasteiger partial charge in [0.2, 0.25) is 0 Å². The molecular weight excluding hydrogens is 240 g/mol. The fourth-order valence-electron chi connectivity index (χ4n) is 1.63. The lowest BCUT2D eigenvalue weighted by Gasteiger charge is -2.09. The van der Waals surface area contributed by atoms with Gasteiger partial charge in [0.1, 0.15) is 0 Å². The summed E-state index contributed by atoms with van der Waals surface area (Å²) < 4.78 is 0. The highest BCUT2D eigenvalue weighted by molar-refractivity contribution is 5.94. The predicted molar refractivity (Wildman–Crippen MR) is 78.3 cm³/mol. The van der Waals surface area contributed by atoms with Crippen LogP contribution in [0.1, 0.15) is 29.8 Å². The molecule has 0 aliphatic rings. The van der Waals surface area contributed by atoms with Crippen molar-refractivity contribution in [2.45, 2.75) is 20.4 Å². The van der Waals surface area contributed by atoms with Gasteiger partial charge in [-0.15, -0.1) is 0 Å². The molecule has 0 saturated heterocycles. The topological polar surface area (TPSA) is 65.5 Å². The second-order valence-electron chi connectivity index (χ2n) is 4.00. The van der Waals surface area contributed by atoms with Crippen molar-refractivity contribution in [3.63, 3.8) is 0 Å². The highest BCUT2D eigenvalue weighted by Gasteiger charge is 2.03. The molecule has 1 aromatic carbocycles. The monoisotopic (exact) mass is 262 g/mol. The molecule has 0 radical (unpaired) electrons. The average molecular weight is 262 g/mol. The summed E-state index contributed by atoms with van der Waals surface area (Å²) in [6.07, 6.45) is 0. The van der Waals surface area contributed by atoms with E-state index < -0.39 is 0 Å². The zero-order chi connectivity index (χ0) is 14.1. The number of aliphatic imine (C=N–C) groups is 1. The van der Waals surface area contributed by atoms with Crippen LogP contribution < -0.4 is 16.0 Å². The summed E-state index contributed by atoms with van der Waals surface area (Å²) in [6.45, 7) is 6.24. The van der Waals surface area contributed by atoms with E-state index in [0.29, 0.717) is 12.1 Å². The van der Waals surface area contributed by atoms with Crippen LogP contribution in [0.5, 0.6) is 0 Å². The van der Waals surface area contributed by atoms with Gasteiger partial charge in [-0.25, -0.2) is 4.99 Å². The minimum Gasteiger partial charge on any atom is -0.357 e. The molecule has 0 spiro atoms. The quantitative estimate of drug-likeness (QED) is 0.550. The zero-order valence-electron chi connectivity index (χ0n) is 11.8. The van der Waals surface area contributed by atoms with Crippen LogP contribution in [0.4, 0.5) is 0 Å². The second-order valence-corrected chi connectivity index (χ2v) is 4.00. The number of carbonyl (C=O) groups excluding carboxylic acids is 1. The van der Waals surface area contributed by atoms with Gasteiger partial charge < -0.3 is 16.0 Å². The molecule has 3 N–H and O–H groups in total. The molecule has 0 atom stereocenters. The summed E-state index contributed by atoms with van der Waals surface area (Å²) in [5.74, 6) is 0.708. The summed E-state index contributed by atoms with van der Waals surface area (Å²) in [6, 6.07) is 7.49. The number of amides is 1. The van der Waals surface area contributed by atoms with Crippen LogP contribution in [0.25, 0.3) is 0 Å². The van der Waals surface area contributed by atoms with Crippen molar-refractivity contribution < 1.29 is 4.79 Å². The first kappa shape index (κ1) is 15.0. The van der Waals surface area contributed by atoms with E-state index in [1.807, 2.05) is 32.0 Å². The summed E-state index contributed by atoms with van der Waals surface area (Å²) in [5, 5.41) is 8.94. The Kier molecular flexibility index (Phi) is 6.43. The zero-order valence-corrected chi connectivity index (χ0v) is 11.8. The first-order chi connectivity index (χ1) is 9.21. The number of nitrogens with one attached hydrogen (secondary N) is 3. The molecule has 0 bridgehead atoms. The number of hydrogen-bond acceptors (Lipinski definition) is 2. The standard InChI is InChI=1S/C14H22N4O/c1-4-16-14(17-5-2)18-10-11-7-6-8-12(9-11)13(19)15-3/h6-9H,4-5,10H2,1-3H3,(H,15,19)(H2,16,17,18). The molecule has 0 heterocycles. The van der Waals surface area contributed by atoms with Gasteiger partial charge in [-0.3, -0.25) is 4.79 Å². The lowest BCUT2D eigenvalue weighted by molar-refractivity contribution is 0.0963. The minimum atomic E-state index is -0.0792. The summed E-state index contributed by atoms with van der Waals surface area (Å²) >= 11 is 0. The highest BCUT2D eigenvalue weighted by atomic mass is 16.1. The Hall–Kier alpha value is -2.04. The van der Waals surface area contributed by atoms with E-state index in [-0.39, 0.29) is 5.91 Å². The van der Waals surface area contributed by atoms with Gasteiger partial charge in [0, 0.05) is 25.7 Å². The molecule has 1 aromatic rings. The van der Waals surface area contributed by atoms with Crippen LogP contribution in [-0.4, -0.2) is 32.0 Å². The molecule has 0 fully saturated rings. The maximum absolute atomic E-state index is 11.5. The van der Waals surface area contributed by atoms with E-state index in [1.54, 1.807) is 13.1 Å². The SMILES string of the molecule is CCNC(=NCc1cccc(C(=O)NC)c1)NCC. The van der Waals surface area contributed by atoms with Crippen molar-refractivity contribution in [3.8, 4) is 0 Å². The number of nitrogens with zero attached hydrogens (tertiary/aromatic N) is 1. The third kappa shape index (κ3) is 4.99. The molecule has 104 valence electrons. The van der Waals surface area contributed by atoms with Crippen molar-refractivity contribution in [2.75, 3.05) is 20.1 Å². The fourth-order valence-corrected chi connectivity index (χ4v) is 1.63. The summed E-state index contributed by atoms with van der Waals surface area (Å²) in [7, 11) is 1.63. The van der Waals surface area contributed by atoms with Crippen molar-refractivity contribution >= 4 is 11.9 Å². The van der Waals surface area contributed by atoms with Gasteiger partial charge in [0.25, 0.3) is 5.91 Å². The smallest absolute Gasteiger partial charge is 0.251 e. The molecule has 19 heavy (non-hydrogen) atoms. The molecule has 0 aliphatic carbocycles. The van der Waals surface area contributed by atoms with Crippen molar-refractivity contribution in [3.05, 3.63) is 35.4 Å².